The Morgan fingerprint density at radius 2 is 1.95 bits per heavy atom. The van der Waals surface area contributed by atoms with Gasteiger partial charge in [0.05, 0.1) is 5.02 Å². The summed E-state index contributed by atoms with van der Waals surface area (Å²) in [5.74, 6) is -0.285. The lowest BCUT2D eigenvalue weighted by Crippen LogP contribution is -2.67. The maximum absolute atomic E-state index is 14.2. The lowest BCUT2D eigenvalue weighted by molar-refractivity contribution is 0.0155. The van der Waals surface area contributed by atoms with Crippen LogP contribution >= 0.6 is 11.6 Å². The monoisotopic (exact) mass is 312 g/mol. The Kier molecular flexibility index (Phi) is 4.96. The molecular weight excluding hydrogens is 287 g/mol. The molecule has 2 rings (SSSR count). The Balaban J connectivity index is 2.24. The molecule has 2 nitrogen and oxygen atoms in total. The molecule has 0 amide bonds. The molecule has 0 bridgehead atoms. The summed E-state index contributed by atoms with van der Waals surface area (Å²) in [4.78, 5) is 2.38. The van der Waals surface area contributed by atoms with Crippen LogP contribution in [0.3, 0.4) is 0 Å². The SMILES string of the molecule is CCC1(CC)CN(Cc2cccc(Cl)c2F)C(C)(C)CN1. The molecular formula is C17H26ClFN2. The van der Waals surface area contributed by atoms with E-state index < -0.39 is 0 Å². The zero-order valence-corrected chi connectivity index (χ0v) is 14.2. The van der Waals surface area contributed by atoms with E-state index in [-0.39, 0.29) is 21.9 Å². The van der Waals surface area contributed by atoms with Gasteiger partial charge >= 0.3 is 0 Å². The number of piperazine rings is 1. The van der Waals surface area contributed by atoms with Crippen LogP contribution in [0.15, 0.2) is 18.2 Å². The Morgan fingerprint density at radius 1 is 1.29 bits per heavy atom. The molecule has 4 heteroatoms. The molecule has 1 saturated heterocycles. The number of halogens is 2. The fraction of sp³-hybridized carbons (Fsp3) is 0.647. The Morgan fingerprint density at radius 3 is 2.57 bits per heavy atom. The zero-order chi connectivity index (χ0) is 15.7. The molecule has 0 atom stereocenters. The molecule has 1 aromatic carbocycles. The number of hydrogen-bond acceptors (Lipinski definition) is 2. The van der Waals surface area contributed by atoms with Crippen LogP contribution in [0.25, 0.3) is 0 Å². The summed E-state index contributed by atoms with van der Waals surface area (Å²) in [5, 5.41) is 3.91. The molecule has 0 unspecified atom stereocenters. The quantitative estimate of drug-likeness (QED) is 0.895. The van der Waals surface area contributed by atoms with Crippen molar-refractivity contribution in [2.75, 3.05) is 13.1 Å². The second-order valence-corrected chi connectivity index (χ2v) is 7.13. The van der Waals surface area contributed by atoms with Crippen molar-refractivity contribution in [1.29, 1.82) is 0 Å². The molecule has 0 saturated carbocycles. The van der Waals surface area contributed by atoms with Crippen molar-refractivity contribution in [3.8, 4) is 0 Å². The molecule has 0 radical (unpaired) electrons. The fourth-order valence-electron chi connectivity index (χ4n) is 3.02. The third-order valence-corrected chi connectivity index (χ3v) is 5.28. The lowest BCUT2D eigenvalue weighted by Gasteiger charge is -2.52. The van der Waals surface area contributed by atoms with Gasteiger partial charge in [-0.3, -0.25) is 4.90 Å². The van der Waals surface area contributed by atoms with E-state index in [1.165, 1.54) is 0 Å². The summed E-state index contributed by atoms with van der Waals surface area (Å²) in [5.41, 5.74) is 0.811. The van der Waals surface area contributed by atoms with Crippen LogP contribution in [0.4, 0.5) is 4.39 Å². The summed E-state index contributed by atoms with van der Waals surface area (Å²) in [6.45, 7) is 11.3. The molecule has 1 aromatic rings. The van der Waals surface area contributed by atoms with Crippen molar-refractivity contribution < 1.29 is 4.39 Å². The van der Waals surface area contributed by atoms with Crippen LogP contribution in [-0.2, 0) is 6.54 Å². The van der Waals surface area contributed by atoms with Gasteiger partial charge in [-0.25, -0.2) is 4.39 Å². The van der Waals surface area contributed by atoms with E-state index in [1.54, 1.807) is 6.07 Å². The average Bonchev–Trinajstić information content (AvgIpc) is 2.46. The third-order valence-electron chi connectivity index (χ3n) is 4.99. The summed E-state index contributed by atoms with van der Waals surface area (Å²) in [7, 11) is 0. The molecule has 0 spiro atoms. The summed E-state index contributed by atoms with van der Waals surface area (Å²) in [6.07, 6.45) is 2.15. The fourth-order valence-corrected chi connectivity index (χ4v) is 3.21. The van der Waals surface area contributed by atoms with E-state index in [1.807, 2.05) is 12.1 Å². The molecule has 1 N–H and O–H groups in total. The first-order chi connectivity index (χ1) is 9.83. The highest BCUT2D eigenvalue weighted by atomic mass is 35.5. The molecule has 1 heterocycles. The minimum Gasteiger partial charge on any atom is -0.308 e. The minimum atomic E-state index is -0.285. The lowest BCUT2D eigenvalue weighted by atomic mass is 9.84. The van der Waals surface area contributed by atoms with Crippen molar-refractivity contribution in [1.82, 2.24) is 10.2 Å². The summed E-state index contributed by atoms with van der Waals surface area (Å²) >= 11 is 5.91. The molecule has 1 fully saturated rings. The highest BCUT2D eigenvalue weighted by molar-refractivity contribution is 6.30. The first-order valence-electron chi connectivity index (χ1n) is 7.76. The van der Waals surface area contributed by atoms with Gasteiger partial charge in [-0.05, 0) is 32.8 Å². The largest absolute Gasteiger partial charge is 0.308 e. The number of hydrogen-bond donors (Lipinski definition) is 1. The average molecular weight is 313 g/mol. The molecule has 1 aliphatic rings. The third kappa shape index (κ3) is 3.41. The molecule has 0 aliphatic carbocycles. The van der Waals surface area contributed by atoms with E-state index in [2.05, 4.69) is 37.9 Å². The van der Waals surface area contributed by atoms with Gasteiger partial charge in [0, 0.05) is 36.3 Å². The second-order valence-electron chi connectivity index (χ2n) is 6.72. The van der Waals surface area contributed by atoms with E-state index in [0.717, 1.165) is 25.9 Å². The van der Waals surface area contributed by atoms with Gasteiger partial charge in [0.15, 0.2) is 0 Å². The van der Waals surface area contributed by atoms with Crippen molar-refractivity contribution in [3.63, 3.8) is 0 Å². The molecule has 1 aliphatic heterocycles. The van der Waals surface area contributed by atoms with E-state index in [4.69, 9.17) is 11.6 Å². The predicted molar refractivity (Wildman–Crippen MR) is 87.2 cm³/mol. The van der Waals surface area contributed by atoms with Gasteiger partial charge in [-0.2, -0.15) is 0 Å². The van der Waals surface area contributed by atoms with Gasteiger partial charge < -0.3 is 5.32 Å². The van der Waals surface area contributed by atoms with Gasteiger partial charge in [0.2, 0.25) is 0 Å². The van der Waals surface area contributed by atoms with Gasteiger partial charge in [-0.15, -0.1) is 0 Å². The maximum Gasteiger partial charge on any atom is 0.146 e. The van der Waals surface area contributed by atoms with Crippen molar-refractivity contribution in [2.45, 2.75) is 58.2 Å². The van der Waals surface area contributed by atoms with Crippen molar-refractivity contribution in [3.05, 3.63) is 34.6 Å². The van der Waals surface area contributed by atoms with Crippen LogP contribution in [-0.4, -0.2) is 29.1 Å². The Hall–Kier alpha value is -0.640. The first kappa shape index (κ1) is 16.7. The molecule has 118 valence electrons. The van der Waals surface area contributed by atoms with Crippen LogP contribution in [0, 0.1) is 5.82 Å². The van der Waals surface area contributed by atoms with Crippen LogP contribution in [0.2, 0.25) is 5.02 Å². The Labute approximate surface area is 132 Å². The smallest absolute Gasteiger partial charge is 0.146 e. The maximum atomic E-state index is 14.2. The second kappa shape index (κ2) is 6.23. The van der Waals surface area contributed by atoms with Crippen molar-refractivity contribution >= 4 is 11.6 Å². The molecule has 21 heavy (non-hydrogen) atoms. The number of nitrogens with zero attached hydrogens (tertiary/aromatic N) is 1. The highest BCUT2D eigenvalue weighted by Crippen LogP contribution is 2.30. The highest BCUT2D eigenvalue weighted by Gasteiger charge is 2.40. The standard InChI is InChI=1S/C17H26ClFN2/c1-5-17(6-2)12-21(16(3,4)11-20-17)10-13-8-7-9-14(18)15(13)19/h7-9,20H,5-6,10-12H2,1-4H3. The van der Waals surface area contributed by atoms with Crippen LogP contribution < -0.4 is 5.32 Å². The topological polar surface area (TPSA) is 15.3 Å². The van der Waals surface area contributed by atoms with Crippen molar-refractivity contribution in [2.24, 2.45) is 0 Å². The van der Waals surface area contributed by atoms with Crippen LogP contribution in [0.1, 0.15) is 46.1 Å². The van der Waals surface area contributed by atoms with Gasteiger partial charge in [0.25, 0.3) is 0 Å². The van der Waals surface area contributed by atoms with E-state index >= 15 is 0 Å². The first-order valence-corrected chi connectivity index (χ1v) is 8.14. The van der Waals surface area contributed by atoms with E-state index in [9.17, 15) is 4.39 Å². The number of benzene rings is 1. The van der Waals surface area contributed by atoms with E-state index in [0.29, 0.717) is 12.1 Å². The predicted octanol–water partition coefficient (Wildman–Crippen LogP) is 4.22. The normalized spacial score (nSPS) is 21.4. The minimum absolute atomic E-state index is 0.00258. The number of nitrogens with one attached hydrogen (secondary N) is 1. The van der Waals surface area contributed by atoms with Gasteiger partial charge in [0.1, 0.15) is 5.82 Å². The Bertz CT molecular complexity index is 498. The molecule has 0 aromatic heterocycles. The van der Waals surface area contributed by atoms with Crippen LogP contribution in [0.5, 0.6) is 0 Å². The zero-order valence-electron chi connectivity index (χ0n) is 13.5. The summed E-state index contributed by atoms with van der Waals surface area (Å²) < 4.78 is 14.2. The number of rotatable bonds is 4. The summed E-state index contributed by atoms with van der Waals surface area (Å²) in [6, 6.07) is 5.26. The van der Waals surface area contributed by atoms with Gasteiger partial charge in [-0.1, -0.05) is 37.6 Å².